The van der Waals surface area contributed by atoms with E-state index in [9.17, 15) is 4.79 Å². The number of rotatable bonds is 5. The smallest absolute Gasteiger partial charge is 0.236 e. The summed E-state index contributed by atoms with van der Waals surface area (Å²) in [6.07, 6.45) is 2.64. The number of alkyl halides is 1. The molecule has 13 heavy (non-hydrogen) atoms. The third-order valence-corrected chi connectivity index (χ3v) is 2.93. The van der Waals surface area contributed by atoms with Crippen molar-refractivity contribution in [1.82, 2.24) is 16.2 Å². The molecule has 1 saturated heterocycles. The maximum Gasteiger partial charge on any atom is 0.236 e. The minimum atomic E-state index is -0.0126. The summed E-state index contributed by atoms with van der Waals surface area (Å²) in [5.41, 5.74) is 5.78. The first-order valence-corrected chi connectivity index (χ1v) is 6.01. The number of carbonyl (C=O) groups is 1. The fourth-order valence-electron chi connectivity index (χ4n) is 1.57. The Kier molecular flexibility index (Phi) is 4.40. The topological polar surface area (TPSA) is 53.2 Å². The summed E-state index contributed by atoms with van der Waals surface area (Å²) < 4.78 is 1.07. The van der Waals surface area contributed by atoms with E-state index in [0.717, 1.165) is 23.8 Å². The molecule has 0 saturated carbocycles. The van der Waals surface area contributed by atoms with E-state index >= 15 is 0 Å². The van der Waals surface area contributed by atoms with Crippen molar-refractivity contribution >= 4 is 28.5 Å². The predicted octanol–water partition coefficient (Wildman–Crippen LogP) is 0.184. The maximum atomic E-state index is 11.1. The van der Waals surface area contributed by atoms with Gasteiger partial charge >= 0.3 is 0 Å². The molecule has 1 aliphatic heterocycles. The van der Waals surface area contributed by atoms with Crippen LogP contribution >= 0.6 is 22.6 Å². The van der Waals surface area contributed by atoms with Gasteiger partial charge in [-0.3, -0.25) is 10.2 Å². The van der Waals surface area contributed by atoms with Crippen LogP contribution in [0.15, 0.2) is 0 Å². The highest BCUT2D eigenvalue weighted by Gasteiger charge is 2.36. The van der Waals surface area contributed by atoms with Gasteiger partial charge in [0.1, 0.15) is 0 Å². The Bertz CT molecular complexity index is 188. The van der Waals surface area contributed by atoms with E-state index in [-0.39, 0.29) is 11.4 Å². The fourth-order valence-corrected chi connectivity index (χ4v) is 2.60. The SMILES string of the molecule is CNCCC1(CCI)CC(=O)NN1. The van der Waals surface area contributed by atoms with Gasteiger partial charge in [0.2, 0.25) is 5.91 Å². The van der Waals surface area contributed by atoms with Crippen LogP contribution in [0.2, 0.25) is 0 Å². The second-order valence-electron chi connectivity index (χ2n) is 3.42. The molecule has 3 N–H and O–H groups in total. The van der Waals surface area contributed by atoms with Gasteiger partial charge in [0.25, 0.3) is 0 Å². The zero-order valence-corrected chi connectivity index (χ0v) is 9.98. The Labute approximate surface area is 92.3 Å². The lowest BCUT2D eigenvalue weighted by molar-refractivity contribution is -0.119. The van der Waals surface area contributed by atoms with Gasteiger partial charge in [-0.05, 0) is 26.4 Å². The van der Waals surface area contributed by atoms with E-state index < -0.39 is 0 Å². The van der Waals surface area contributed by atoms with E-state index in [4.69, 9.17) is 0 Å². The van der Waals surface area contributed by atoms with E-state index in [2.05, 4.69) is 38.8 Å². The molecule has 0 spiro atoms. The molecule has 0 aliphatic carbocycles. The lowest BCUT2D eigenvalue weighted by Gasteiger charge is -2.26. The minimum absolute atomic E-state index is 0.0126. The lowest BCUT2D eigenvalue weighted by atomic mass is 9.90. The van der Waals surface area contributed by atoms with Crippen molar-refractivity contribution in [1.29, 1.82) is 0 Å². The highest BCUT2D eigenvalue weighted by molar-refractivity contribution is 14.1. The molecule has 1 fully saturated rings. The quantitative estimate of drug-likeness (QED) is 0.501. The third kappa shape index (κ3) is 3.07. The molecule has 0 aromatic carbocycles. The Morgan fingerprint density at radius 3 is 2.85 bits per heavy atom. The molecule has 1 unspecified atom stereocenters. The van der Waals surface area contributed by atoms with Gasteiger partial charge in [-0.1, -0.05) is 22.6 Å². The van der Waals surface area contributed by atoms with Crippen LogP contribution in [0.1, 0.15) is 19.3 Å². The van der Waals surface area contributed by atoms with Crippen LogP contribution in [0.5, 0.6) is 0 Å². The molecule has 1 heterocycles. The summed E-state index contributed by atoms with van der Waals surface area (Å²) in [6, 6.07) is 0. The standard InChI is InChI=1S/C8H16IN3O/c1-10-5-3-8(2-4-9)6-7(13)11-12-8/h10,12H,2-6H2,1H3,(H,11,13). The van der Waals surface area contributed by atoms with Gasteiger partial charge in [-0.2, -0.15) is 0 Å². The first-order valence-electron chi connectivity index (χ1n) is 4.49. The van der Waals surface area contributed by atoms with Crippen LogP contribution in [-0.2, 0) is 4.79 Å². The summed E-state index contributed by atoms with van der Waals surface area (Å²) in [7, 11) is 1.93. The van der Waals surface area contributed by atoms with Gasteiger partial charge in [-0.15, -0.1) is 0 Å². The maximum absolute atomic E-state index is 11.1. The van der Waals surface area contributed by atoms with E-state index in [1.165, 1.54) is 0 Å². The average Bonchev–Trinajstić information content (AvgIpc) is 2.46. The van der Waals surface area contributed by atoms with Crippen LogP contribution in [-0.4, -0.2) is 29.5 Å². The van der Waals surface area contributed by atoms with Crippen molar-refractivity contribution in [3.63, 3.8) is 0 Å². The number of hydrazine groups is 1. The van der Waals surface area contributed by atoms with Gasteiger partial charge in [0.05, 0.1) is 0 Å². The number of hydrogen-bond donors (Lipinski definition) is 3. The first kappa shape index (κ1) is 11.2. The summed E-state index contributed by atoms with van der Waals surface area (Å²) in [5.74, 6) is 0.112. The molecule has 0 aromatic rings. The molecule has 1 amide bonds. The number of nitrogens with one attached hydrogen (secondary N) is 3. The molecular weight excluding hydrogens is 281 g/mol. The Morgan fingerprint density at radius 2 is 2.38 bits per heavy atom. The van der Waals surface area contributed by atoms with Crippen molar-refractivity contribution < 1.29 is 4.79 Å². The van der Waals surface area contributed by atoms with Crippen molar-refractivity contribution in [2.75, 3.05) is 18.0 Å². The van der Waals surface area contributed by atoms with E-state index in [0.29, 0.717) is 6.42 Å². The lowest BCUT2D eigenvalue weighted by Crippen LogP contribution is -2.45. The van der Waals surface area contributed by atoms with Crippen LogP contribution in [0.3, 0.4) is 0 Å². The van der Waals surface area contributed by atoms with Crippen molar-refractivity contribution in [2.45, 2.75) is 24.8 Å². The molecule has 1 aliphatic rings. The van der Waals surface area contributed by atoms with E-state index in [1.54, 1.807) is 0 Å². The van der Waals surface area contributed by atoms with Crippen LogP contribution in [0.25, 0.3) is 0 Å². The first-order chi connectivity index (χ1) is 6.22. The minimum Gasteiger partial charge on any atom is -0.320 e. The molecule has 5 heteroatoms. The van der Waals surface area contributed by atoms with Crippen LogP contribution in [0.4, 0.5) is 0 Å². The Hall–Kier alpha value is 0.120. The molecule has 1 atom stereocenters. The van der Waals surface area contributed by atoms with Gasteiger partial charge in [-0.25, -0.2) is 5.43 Å². The molecule has 76 valence electrons. The average molecular weight is 297 g/mol. The Balaban J connectivity index is 2.48. The molecule has 0 radical (unpaired) electrons. The second kappa shape index (κ2) is 5.11. The summed E-state index contributed by atoms with van der Waals surface area (Å²) >= 11 is 2.35. The number of carbonyl (C=O) groups excluding carboxylic acids is 1. The van der Waals surface area contributed by atoms with Crippen LogP contribution in [0, 0.1) is 0 Å². The molecule has 0 aromatic heterocycles. The largest absolute Gasteiger partial charge is 0.320 e. The van der Waals surface area contributed by atoms with Gasteiger partial charge < -0.3 is 5.32 Å². The molecule has 1 rings (SSSR count). The van der Waals surface area contributed by atoms with Gasteiger partial charge in [0, 0.05) is 16.4 Å². The highest BCUT2D eigenvalue weighted by Crippen LogP contribution is 2.23. The molecule has 0 bridgehead atoms. The van der Waals surface area contributed by atoms with Crippen LogP contribution < -0.4 is 16.2 Å². The normalized spacial score (nSPS) is 27.7. The molecular formula is C8H16IN3O. The zero-order valence-electron chi connectivity index (χ0n) is 7.82. The summed E-state index contributed by atoms with van der Waals surface area (Å²) in [6.45, 7) is 0.943. The van der Waals surface area contributed by atoms with E-state index in [1.807, 2.05) is 7.05 Å². The fraction of sp³-hybridized carbons (Fsp3) is 0.875. The van der Waals surface area contributed by atoms with Gasteiger partial charge in [0.15, 0.2) is 0 Å². The van der Waals surface area contributed by atoms with Crippen molar-refractivity contribution in [3.8, 4) is 0 Å². The summed E-state index contributed by atoms with van der Waals surface area (Å²) in [4.78, 5) is 11.1. The highest BCUT2D eigenvalue weighted by atomic mass is 127. The van der Waals surface area contributed by atoms with Crippen molar-refractivity contribution in [3.05, 3.63) is 0 Å². The number of amides is 1. The van der Waals surface area contributed by atoms with Crippen molar-refractivity contribution in [2.24, 2.45) is 0 Å². The predicted molar refractivity (Wildman–Crippen MR) is 60.7 cm³/mol. The third-order valence-electron chi connectivity index (χ3n) is 2.39. The summed E-state index contributed by atoms with van der Waals surface area (Å²) in [5, 5.41) is 3.11. The number of hydrogen-bond acceptors (Lipinski definition) is 3. The zero-order chi connectivity index (χ0) is 9.73. The second-order valence-corrected chi connectivity index (χ2v) is 4.50. The Morgan fingerprint density at radius 1 is 1.62 bits per heavy atom. The monoisotopic (exact) mass is 297 g/mol. The number of halogens is 1. The molecule has 4 nitrogen and oxygen atoms in total.